The van der Waals surface area contributed by atoms with E-state index in [0.717, 1.165) is 30.0 Å². The lowest BCUT2D eigenvalue weighted by atomic mass is 10.1. The predicted octanol–water partition coefficient (Wildman–Crippen LogP) is 3.41. The second kappa shape index (κ2) is 6.48. The van der Waals surface area contributed by atoms with Crippen LogP contribution >= 0.6 is 0 Å². The SMILES string of the molecule is CCNCc1cnc(C)cc1N(C)c1ccccc1F. The van der Waals surface area contributed by atoms with Crippen LogP contribution in [0.3, 0.4) is 0 Å². The molecule has 0 radical (unpaired) electrons. The van der Waals surface area contributed by atoms with Gasteiger partial charge in [0.1, 0.15) is 5.82 Å². The minimum absolute atomic E-state index is 0.223. The molecule has 0 spiro atoms. The fourth-order valence-corrected chi connectivity index (χ4v) is 2.14. The Morgan fingerprint density at radius 1 is 1.25 bits per heavy atom. The predicted molar refractivity (Wildman–Crippen MR) is 80.8 cm³/mol. The summed E-state index contributed by atoms with van der Waals surface area (Å²) in [5, 5.41) is 3.28. The van der Waals surface area contributed by atoms with Gasteiger partial charge >= 0.3 is 0 Å². The number of nitrogens with one attached hydrogen (secondary N) is 1. The van der Waals surface area contributed by atoms with Gasteiger partial charge in [0.2, 0.25) is 0 Å². The first-order valence-electron chi connectivity index (χ1n) is 6.78. The molecule has 3 nitrogen and oxygen atoms in total. The van der Waals surface area contributed by atoms with E-state index < -0.39 is 0 Å². The molecule has 106 valence electrons. The van der Waals surface area contributed by atoms with Crippen LogP contribution in [0.1, 0.15) is 18.2 Å². The zero-order valence-corrected chi connectivity index (χ0v) is 12.2. The average molecular weight is 273 g/mol. The van der Waals surface area contributed by atoms with Crippen LogP contribution in [-0.2, 0) is 6.54 Å². The molecule has 0 atom stereocenters. The third-order valence-electron chi connectivity index (χ3n) is 3.24. The molecule has 0 saturated heterocycles. The van der Waals surface area contributed by atoms with Crippen molar-refractivity contribution in [3.63, 3.8) is 0 Å². The first kappa shape index (κ1) is 14.5. The maximum atomic E-state index is 13.9. The largest absolute Gasteiger partial charge is 0.342 e. The van der Waals surface area contributed by atoms with Gasteiger partial charge in [-0.05, 0) is 31.7 Å². The first-order valence-corrected chi connectivity index (χ1v) is 6.78. The van der Waals surface area contributed by atoms with Crippen LogP contribution in [0.5, 0.6) is 0 Å². The topological polar surface area (TPSA) is 28.2 Å². The van der Waals surface area contributed by atoms with Crippen molar-refractivity contribution in [1.29, 1.82) is 0 Å². The maximum absolute atomic E-state index is 13.9. The molecule has 0 fully saturated rings. The molecule has 2 aromatic rings. The Hall–Kier alpha value is -1.94. The average Bonchev–Trinajstić information content (AvgIpc) is 2.46. The van der Waals surface area contributed by atoms with Crippen LogP contribution in [0.15, 0.2) is 36.5 Å². The molecule has 0 bridgehead atoms. The standard InChI is InChI=1S/C16H20FN3/c1-4-18-10-13-11-19-12(2)9-16(13)20(3)15-8-6-5-7-14(15)17/h5-9,11,18H,4,10H2,1-3H3. The van der Waals surface area contributed by atoms with Crippen molar-refractivity contribution in [2.45, 2.75) is 20.4 Å². The number of nitrogens with zero attached hydrogens (tertiary/aromatic N) is 2. The Bertz CT molecular complexity index is 584. The van der Waals surface area contributed by atoms with Crippen molar-refractivity contribution in [3.05, 3.63) is 53.6 Å². The van der Waals surface area contributed by atoms with E-state index in [1.165, 1.54) is 6.07 Å². The molecular weight excluding hydrogens is 253 g/mol. The van der Waals surface area contributed by atoms with Gasteiger partial charge in [0.05, 0.1) is 5.69 Å². The van der Waals surface area contributed by atoms with Crippen LogP contribution in [-0.4, -0.2) is 18.6 Å². The van der Waals surface area contributed by atoms with Gasteiger partial charge in [-0.25, -0.2) is 4.39 Å². The van der Waals surface area contributed by atoms with E-state index in [9.17, 15) is 4.39 Å². The summed E-state index contributed by atoms with van der Waals surface area (Å²) in [4.78, 5) is 6.20. The number of rotatable bonds is 5. The van der Waals surface area contributed by atoms with E-state index in [-0.39, 0.29) is 5.82 Å². The summed E-state index contributed by atoms with van der Waals surface area (Å²) in [5.74, 6) is -0.223. The zero-order chi connectivity index (χ0) is 14.5. The van der Waals surface area contributed by atoms with Gasteiger partial charge in [-0.2, -0.15) is 0 Å². The highest BCUT2D eigenvalue weighted by Gasteiger charge is 2.13. The molecule has 4 heteroatoms. The molecule has 2 rings (SSSR count). The number of halogens is 1. The maximum Gasteiger partial charge on any atom is 0.146 e. The quantitative estimate of drug-likeness (QED) is 0.905. The van der Waals surface area contributed by atoms with Crippen LogP contribution in [0.25, 0.3) is 0 Å². The number of benzene rings is 1. The molecule has 20 heavy (non-hydrogen) atoms. The third kappa shape index (κ3) is 3.14. The lowest BCUT2D eigenvalue weighted by Gasteiger charge is -2.23. The molecule has 0 saturated carbocycles. The second-order valence-corrected chi connectivity index (χ2v) is 4.75. The third-order valence-corrected chi connectivity index (χ3v) is 3.24. The monoisotopic (exact) mass is 273 g/mol. The summed E-state index contributed by atoms with van der Waals surface area (Å²) in [7, 11) is 1.88. The second-order valence-electron chi connectivity index (χ2n) is 4.75. The van der Waals surface area contributed by atoms with Crippen molar-refractivity contribution in [2.75, 3.05) is 18.5 Å². The summed E-state index contributed by atoms with van der Waals surface area (Å²) in [6.45, 7) is 5.60. The Balaban J connectivity index is 2.40. The molecule has 0 aliphatic rings. The molecule has 1 heterocycles. The van der Waals surface area contributed by atoms with Crippen LogP contribution in [0.4, 0.5) is 15.8 Å². The highest BCUT2D eigenvalue weighted by Crippen LogP contribution is 2.29. The highest BCUT2D eigenvalue weighted by atomic mass is 19.1. The molecule has 0 aliphatic carbocycles. The fraction of sp³-hybridized carbons (Fsp3) is 0.312. The van der Waals surface area contributed by atoms with Gasteiger partial charge in [-0.1, -0.05) is 19.1 Å². The lowest BCUT2D eigenvalue weighted by molar-refractivity contribution is 0.627. The number of anilines is 2. The van der Waals surface area contributed by atoms with E-state index in [2.05, 4.69) is 17.2 Å². The first-order chi connectivity index (χ1) is 9.63. The van der Waals surface area contributed by atoms with E-state index >= 15 is 0 Å². The van der Waals surface area contributed by atoms with Crippen LogP contribution in [0, 0.1) is 12.7 Å². The van der Waals surface area contributed by atoms with Gasteiger partial charge in [-0.15, -0.1) is 0 Å². The lowest BCUT2D eigenvalue weighted by Crippen LogP contribution is -2.18. The summed E-state index contributed by atoms with van der Waals surface area (Å²) in [5.41, 5.74) is 3.52. The molecule has 0 unspecified atom stereocenters. The number of aryl methyl sites for hydroxylation is 1. The minimum atomic E-state index is -0.223. The summed E-state index contributed by atoms with van der Waals surface area (Å²) >= 11 is 0. The Kier molecular flexibility index (Phi) is 4.69. The van der Waals surface area contributed by atoms with E-state index in [4.69, 9.17) is 0 Å². The summed E-state index contributed by atoms with van der Waals surface area (Å²) < 4.78 is 13.9. The smallest absolute Gasteiger partial charge is 0.146 e. The normalized spacial score (nSPS) is 10.6. The van der Waals surface area contributed by atoms with Gasteiger partial charge in [-0.3, -0.25) is 4.98 Å². The zero-order valence-electron chi connectivity index (χ0n) is 12.2. The van der Waals surface area contributed by atoms with Crippen molar-refractivity contribution >= 4 is 11.4 Å². The molecule has 0 amide bonds. The minimum Gasteiger partial charge on any atom is -0.342 e. The Morgan fingerprint density at radius 2 is 2.00 bits per heavy atom. The number of hydrogen-bond donors (Lipinski definition) is 1. The number of hydrogen-bond acceptors (Lipinski definition) is 3. The number of pyridine rings is 1. The fourth-order valence-electron chi connectivity index (χ4n) is 2.14. The Labute approximate surface area is 119 Å². The number of aromatic nitrogens is 1. The number of para-hydroxylation sites is 1. The van der Waals surface area contributed by atoms with Gasteiger partial charge in [0.25, 0.3) is 0 Å². The van der Waals surface area contributed by atoms with Crippen molar-refractivity contribution in [1.82, 2.24) is 10.3 Å². The van der Waals surface area contributed by atoms with E-state index in [1.807, 2.05) is 37.2 Å². The van der Waals surface area contributed by atoms with Crippen LogP contribution in [0.2, 0.25) is 0 Å². The van der Waals surface area contributed by atoms with Crippen molar-refractivity contribution in [3.8, 4) is 0 Å². The van der Waals surface area contributed by atoms with Crippen molar-refractivity contribution in [2.24, 2.45) is 0 Å². The molecule has 1 aromatic heterocycles. The van der Waals surface area contributed by atoms with E-state index in [1.54, 1.807) is 12.1 Å². The van der Waals surface area contributed by atoms with Gasteiger partial charge < -0.3 is 10.2 Å². The highest BCUT2D eigenvalue weighted by molar-refractivity contribution is 5.66. The summed E-state index contributed by atoms with van der Waals surface area (Å²) in [6, 6.07) is 8.78. The molecule has 1 aromatic carbocycles. The molecular formula is C16H20FN3. The van der Waals surface area contributed by atoms with Gasteiger partial charge in [0, 0.05) is 36.7 Å². The van der Waals surface area contributed by atoms with E-state index in [0.29, 0.717) is 5.69 Å². The van der Waals surface area contributed by atoms with Crippen molar-refractivity contribution < 1.29 is 4.39 Å². The van der Waals surface area contributed by atoms with Gasteiger partial charge in [0.15, 0.2) is 0 Å². The Morgan fingerprint density at radius 3 is 2.70 bits per heavy atom. The summed E-state index contributed by atoms with van der Waals surface area (Å²) in [6.07, 6.45) is 1.85. The molecule has 0 aliphatic heterocycles. The molecule has 1 N–H and O–H groups in total. The van der Waals surface area contributed by atoms with Crippen LogP contribution < -0.4 is 10.2 Å².